The maximum Gasteiger partial charge on any atom is 0.416 e. The number of carbonyl (C=O) groups excluding carboxylic acids is 4. The zero-order chi connectivity index (χ0) is 68.5. The number of ether oxygens (including phenoxy) is 4. The number of nitrogens with one attached hydrogen (secondary N) is 2. The Bertz CT molecular complexity index is 3950. The number of rotatable bonds is 0. The van der Waals surface area contributed by atoms with Crippen molar-refractivity contribution >= 4 is 55.3 Å². The number of piperidine rings is 2. The molecule has 12 aliphatic rings. The van der Waals surface area contributed by atoms with E-state index in [0.717, 1.165) is 46.5 Å². The Morgan fingerprint density at radius 2 is 0.969 bits per heavy atom. The molecule has 12 aliphatic heterocycles. The first-order valence-corrected chi connectivity index (χ1v) is 35.2. The number of aliphatic hydroxyl groups is 2. The van der Waals surface area contributed by atoms with Crippen LogP contribution < -0.4 is 20.1 Å². The average molecular weight is 1380 g/mol. The van der Waals surface area contributed by atoms with Crippen LogP contribution in [0.25, 0.3) is 0 Å². The minimum absolute atomic E-state index is 0.00756. The van der Waals surface area contributed by atoms with Crippen LogP contribution in [0.5, 0.6) is 11.5 Å². The number of amides is 4. The standard InChI is InChI=1S/C33H39F3N4O7S.C33H37F3N4O7S/c2*1-21-15-23-6-5-22(21)7-14-48(44,45)40-10-8-32(9-11-40)31(43)37-29(38-32)24-16-25(33(34,35)36)18-26(17-24)46-12-3-2-4-13-47-28-20-39(30(23)42)19-27(28)41/h5-6,15-18,27-28,41H,2-4,7-14,19-20H2,1H3,(H,37,38,43);2,4-6,15-18,27-28,41H,3,7-14,19-20H2,1H3,(H,37,38,43)/b;4-2+/t2*27-,28-/m00/s1. The topological polar surface area (TPSA) is 276 Å². The third-order valence-corrected chi connectivity index (χ3v) is 22.6. The van der Waals surface area contributed by atoms with E-state index < -0.39 is 90.8 Å². The molecule has 30 heteroatoms. The Morgan fingerprint density at radius 1 is 0.531 bits per heavy atom. The van der Waals surface area contributed by atoms with Crippen molar-refractivity contribution in [3.8, 4) is 11.5 Å². The number of halogens is 6. The summed E-state index contributed by atoms with van der Waals surface area (Å²) >= 11 is 0. The molecule has 22 nitrogen and oxygen atoms in total. The summed E-state index contributed by atoms with van der Waals surface area (Å²) in [4.78, 5) is 64.9. The van der Waals surface area contributed by atoms with Crippen LogP contribution in [-0.2, 0) is 64.3 Å². The van der Waals surface area contributed by atoms with Gasteiger partial charge in [-0.25, -0.2) is 25.4 Å². The fourth-order valence-corrected chi connectivity index (χ4v) is 16.1. The number of aryl methyl sites for hydroxylation is 4. The van der Waals surface area contributed by atoms with E-state index in [9.17, 15) is 72.6 Å². The smallest absolute Gasteiger partial charge is 0.416 e. The van der Waals surface area contributed by atoms with Gasteiger partial charge in [-0.1, -0.05) is 24.3 Å². The summed E-state index contributed by atoms with van der Waals surface area (Å²) in [5.41, 5.74) is -0.472. The number of alkyl halides is 6. The molecule has 4 fully saturated rings. The number of sulfonamides is 2. The third-order valence-electron chi connectivity index (χ3n) is 18.9. The monoisotopic (exact) mass is 1380 g/mol. The molecule has 0 radical (unpaired) electrons. The second-order valence-corrected chi connectivity index (χ2v) is 29.6. The Labute approximate surface area is 551 Å². The lowest BCUT2D eigenvalue weighted by Crippen LogP contribution is -2.50. The summed E-state index contributed by atoms with van der Waals surface area (Å²) in [6.45, 7) is 5.04. The Hall–Kier alpha value is -7.32. The number of hydrogen-bond acceptors (Lipinski definition) is 16. The lowest BCUT2D eigenvalue weighted by atomic mass is 9.89. The maximum absolute atomic E-state index is 13.8. The van der Waals surface area contributed by atoms with Crippen molar-refractivity contribution in [1.29, 1.82) is 0 Å². The molecule has 4 aromatic carbocycles. The maximum atomic E-state index is 13.8. The average Bonchev–Trinajstić information content (AvgIpc) is 1.59. The molecule has 16 rings (SSSR count). The number of amidine groups is 2. The molecule has 0 aromatic heterocycles. The van der Waals surface area contributed by atoms with Crippen molar-refractivity contribution in [2.45, 2.75) is 126 Å². The van der Waals surface area contributed by atoms with Crippen molar-refractivity contribution in [2.75, 3.05) is 90.3 Å². The van der Waals surface area contributed by atoms with Gasteiger partial charge in [0.05, 0.1) is 54.7 Å². The lowest BCUT2D eigenvalue weighted by molar-refractivity contribution is -0.138. The van der Waals surface area contributed by atoms with Crippen LogP contribution in [0, 0.1) is 13.8 Å². The van der Waals surface area contributed by atoms with Gasteiger partial charge in [0.1, 0.15) is 46.5 Å². The van der Waals surface area contributed by atoms with Crippen molar-refractivity contribution in [3.63, 3.8) is 0 Å². The van der Waals surface area contributed by atoms with Crippen LogP contribution in [-0.4, -0.2) is 207 Å². The molecule has 12 heterocycles. The highest BCUT2D eigenvalue weighted by atomic mass is 32.2. The third kappa shape index (κ3) is 15.8. The summed E-state index contributed by atoms with van der Waals surface area (Å²) in [7, 11) is -7.45. The fourth-order valence-electron chi connectivity index (χ4n) is 13.1. The van der Waals surface area contributed by atoms with E-state index in [4.69, 9.17) is 18.9 Å². The van der Waals surface area contributed by atoms with Crippen molar-refractivity contribution < 1.29 is 91.5 Å². The zero-order valence-corrected chi connectivity index (χ0v) is 54.6. The molecule has 4 N–H and O–H groups in total. The second kappa shape index (κ2) is 28.3. The van der Waals surface area contributed by atoms with Gasteiger partial charge in [-0.3, -0.25) is 29.2 Å². The summed E-state index contributed by atoms with van der Waals surface area (Å²) < 4.78 is 162. The quantitative estimate of drug-likeness (QED) is 0.118. The van der Waals surface area contributed by atoms with Gasteiger partial charge in [0.2, 0.25) is 20.0 Å². The molecule has 4 atom stereocenters. The molecule has 96 heavy (non-hydrogen) atoms. The van der Waals surface area contributed by atoms with Gasteiger partial charge in [-0.2, -0.15) is 26.3 Å². The van der Waals surface area contributed by atoms with E-state index in [1.54, 1.807) is 53.5 Å². The van der Waals surface area contributed by atoms with Crippen molar-refractivity contribution in [3.05, 3.63) is 141 Å². The highest BCUT2D eigenvalue weighted by molar-refractivity contribution is 7.89. The molecular weight excluding hydrogens is 1310 g/mol. The number of aliphatic imine (C=N–C) groups is 2. The van der Waals surface area contributed by atoms with Gasteiger partial charge in [-0.15, -0.1) is 0 Å². The van der Waals surface area contributed by atoms with Gasteiger partial charge in [-0.05, 0) is 161 Å². The van der Waals surface area contributed by atoms with Crippen LogP contribution in [0.4, 0.5) is 26.3 Å². The van der Waals surface area contributed by atoms with Crippen molar-refractivity contribution in [1.82, 2.24) is 29.0 Å². The predicted octanol–water partition coefficient (Wildman–Crippen LogP) is 5.90. The van der Waals surface area contributed by atoms with Crippen LogP contribution in [0.15, 0.2) is 94.9 Å². The second-order valence-electron chi connectivity index (χ2n) is 25.4. The SMILES string of the molecule is Cc1cc2ccc1CCS(=O)(=O)N1CCC3(CC1)N=C(NC3=O)c1cc(cc(C(F)(F)F)c1)OCC/C=C/CO[C@H]1CN(C[C@@H]1O)C2=O.Cc1cc2ccc1CCS(=O)(=O)N1CCC3(CC1)N=C(NC3=O)c1cc(cc(C(F)(F)F)c1)OCCCCCO[C@H]1CN(C[C@@H]1O)C2=O. The summed E-state index contributed by atoms with van der Waals surface area (Å²) in [6, 6.07) is 16.7. The van der Waals surface area contributed by atoms with Gasteiger partial charge >= 0.3 is 12.4 Å². The molecule has 0 saturated carbocycles. The number of nitrogens with zero attached hydrogens (tertiary/aromatic N) is 6. The number of carbonyl (C=O) groups is 4. The van der Waals surface area contributed by atoms with Gasteiger partial charge in [0.15, 0.2) is 0 Å². The van der Waals surface area contributed by atoms with E-state index >= 15 is 0 Å². The molecule has 0 unspecified atom stereocenters. The first-order chi connectivity index (χ1) is 45.5. The molecule has 0 aliphatic carbocycles. The normalized spacial score (nSPS) is 28.6. The molecule has 518 valence electrons. The number of fused-ring (bicyclic) bond motifs is 4. The Kier molecular flexibility index (Phi) is 20.6. The summed E-state index contributed by atoms with van der Waals surface area (Å²) in [5, 5.41) is 26.3. The van der Waals surface area contributed by atoms with Crippen molar-refractivity contribution in [2.24, 2.45) is 9.98 Å². The zero-order valence-electron chi connectivity index (χ0n) is 52.9. The number of aliphatic hydroxyl groups excluding tert-OH is 2. The van der Waals surface area contributed by atoms with Gasteiger partial charge in [0.25, 0.3) is 23.6 Å². The molecule has 4 aromatic rings. The molecule has 4 saturated heterocycles. The van der Waals surface area contributed by atoms with E-state index in [1.807, 2.05) is 13.8 Å². The van der Waals surface area contributed by atoms with Gasteiger partial charge in [0, 0.05) is 81.2 Å². The molecule has 4 amide bonds. The fraction of sp³-hybridized carbons (Fsp3) is 0.515. The molecule has 2 spiro atoms. The lowest BCUT2D eigenvalue weighted by Gasteiger charge is -2.34. The number of benzene rings is 4. The van der Waals surface area contributed by atoms with E-state index in [-0.39, 0.29) is 168 Å². The van der Waals surface area contributed by atoms with Crippen LogP contribution in [0.1, 0.15) is 117 Å². The highest BCUT2D eigenvalue weighted by Crippen LogP contribution is 2.39. The minimum atomic E-state index is -4.68. The van der Waals surface area contributed by atoms with E-state index in [0.29, 0.717) is 43.4 Å². The molecule has 18 bridgehead atoms. The van der Waals surface area contributed by atoms with Crippen LogP contribution >= 0.6 is 0 Å². The highest BCUT2D eigenvalue weighted by Gasteiger charge is 2.50. The largest absolute Gasteiger partial charge is 0.494 e. The number of hydrogen-bond donors (Lipinski definition) is 4. The van der Waals surface area contributed by atoms with Gasteiger partial charge < -0.3 is 49.6 Å². The first-order valence-electron chi connectivity index (χ1n) is 32.0. The van der Waals surface area contributed by atoms with Crippen LogP contribution in [0.3, 0.4) is 0 Å². The summed E-state index contributed by atoms with van der Waals surface area (Å²) in [6.07, 6.45) is -5.91. The first kappa shape index (κ1) is 70.0. The van der Waals surface area contributed by atoms with E-state index in [2.05, 4.69) is 20.6 Å². The Balaban J connectivity index is 0.000000195. The Morgan fingerprint density at radius 3 is 1.42 bits per heavy atom. The molecular formula is C66H76F6N8O14S2. The van der Waals surface area contributed by atoms with Crippen LogP contribution in [0.2, 0.25) is 0 Å². The van der Waals surface area contributed by atoms with E-state index in [1.165, 1.54) is 25.6 Å². The minimum Gasteiger partial charge on any atom is -0.494 e. The predicted molar refractivity (Wildman–Crippen MR) is 339 cm³/mol. The summed E-state index contributed by atoms with van der Waals surface area (Å²) in [5.74, 6) is -1.96.